The quantitative estimate of drug-likeness (QED) is 0.734. The fraction of sp³-hybridized carbons (Fsp3) is 0. The lowest BCUT2D eigenvalue weighted by Crippen LogP contribution is -2.12. The molecule has 7 heteroatoms. The summed E-state index contributed by atoms with van der Waals surface area (Å²) in [6, 6.07) is 1.81. The number of hydrogen-bond acceptors (Lipinski definition) is 4. The summed E-state index contributed by atoms with van der Waals surface area (Å²) >= 11 is 3.68. The Morgan fingerprint density at radius 2 is 2.47 bits per heavy atom. The molecule has 0 aliphatic rings. The molecule has 0 unspecified atom stereocenters. The van der Waals surface area contributed by atoms with E-state index in [0.29, 0.717) is 17.1 Å². The summed E-state index contributed by atoms with van der Waals surface area (Å²) in [5.74, 6) is 0.242. The van der Waals surface area contributed by atoms with E-state index in [4.69, 9.17) is 5.73 Å². The van der Waals surface area contributed by atoms with Crippen LogP contribution in [-0.2, 0) is 0 Å². The summed E-state index contributed by atoms with van der Waals surface area (Å²) in [5, 5.41) is 10.8. The van der Waals surface area contributed by atoms with Crippen molar-refractivity contribution in [3.8, 4) is 0 Å². The number of nitrogens with two attached hydrogens (primary N) is 1. The largest absolute Gasteiger partial charge is 0.394 e. The van der Waals surface area contributed by atoms with E-state index >= 15 is 0 Å². The Morgan fingerprint density at radius 3 is 3.00 bits per heavy atom. The highest BCUT2D eigenvalue weighted by atomic mass is 127. The maximum Gasteiger partial charge on any atom is 0.257 e. The molecule has 0 aliphatic heterocycles. The number of halogens is 1. The van der Waals surface area contributed by atoms with Crippen LogP contribution < -0.4 is 11.1 Å². The zero-order chi connectivity index (χ0) is 10.8. The molecule has 0 fully saturated rings. The van der Waals surface area contributed by atoms with Crippen LogP contribution in [0.4, 0.5) is 11.5 Å². The van der Waals surface area contributed by atoms with Gasteiger partial charge in [0, 0.05) is 5.38 Å². The van der Waals surface area contributed by atoms with Crippen LogP contribution >= 0.6 is 33.9 Å². The molecule has 78 valence electrons. The van der Waals surface area contributed by atoms with Gasteiger partial charge in [0.1, 0.15) is 0 Å². The predicted molar refractivity (Wildman–Crippen MR) is 68.0 cm³/mol. The number of carbonyl (C=O) groups is 1. The van der Waals surface area contributed by atoms with Gasteiger partial charge in [-0.2, -0.15) is 5.10 Å². The van der Waals surface area contributed by atoms with E-state index in [1.54, 1.807) is 5.38 Å². The second-order valence-electron chi connectivity index (χ2n) is 2.79. The van der Waals surface area contributed by atoms with Gasteiger partial charge in [-0.1, -0.05) is 0 Å². The molecule has 0 aromatic carbocycles. The predicted octanol–water partition coefficient (Wildman–Crippen LogP) is 1.91. The van der Waals surface area contributed by atoms with Crippen LogP contribution in [0.2, 0.25) is 0 Å². The van der Waals surface area contributed by atoms with Gasteiger partial charge in [-0.15, -0.1) is 11.3 Å². The van der Waals surface area contributed by atoms with E-state index in [1.165, 1.54) is 17.5 Å². The van der Waals surface area contributed by atoms with E-state index in [-0.39, 0.29) is 5.91 Å². The van der Waals surface area contributed by atoms with Crippen LogP contribution in [0, 0.1) is 2.88 Å². The number of amides is 1. The van der Waals surface area contributed by atoms with Crippen LogP contribution in [-0.4, -0.2) is 16.1 Å². The molecule has 0 bridgehead atoms. The number of rotatable bonds is 2. The van der Waals surface area contributed by atoms with Gasteiger partial charge in [0.25, 0.3) is 5.91 Å². The van der Waals surface area contributed by atoms with Gasteiger partial charge < -0.3 is 11.1 Å². The Kier molecular flexibility index (Phi) is 2.91. The van der Waals surface area contributed by atoms with Gasteiger partial charge in [-0.05, 0) is 28.7 Å². The molecule has 1 amide bonds. The van der Waals surface area contributed by atoms with E-state index in [1.807, 2.05) is 6.07 Å². The summed E-state index contributed by atoms with van der Waals surface area (Å²) < 4.78 is 1.07. The van der Waals surface area contributed by atoms with Gasteiger partial charge in [0.15, 0.2) is 5.82 Å². The van der Waals surface area contributed by atoms with Crippen LogP contribution in [0.15, 0.2) is 17.6 Å². The number of carbonyl (C=O) groups excluding carboxylic acids is 1. The number of thiophene rings is 1. The molecule has 0 spiro atoms. The molecule has 0 saturated heterocycles. The molecule has 4 N–H and O–H groups in total. The minimum absolute atomic E-state index is 0.190. The van der Waals surface area contributed by atoms with Crippen molar-refractivity contribution in [3.63, 3.8) is 0 Å². The van der Waals surface area contributed by atoms with Crippen molar-refractivity contribution in [2.45, 2.75) is 0 Å². The standard InChI is InChI=1S/C8H7IN4OS/c9-6-1-4(3-15-6)8(14)12-7-5(10)2-11-13-7/h1-3H,10H2,(H2,11,12,13,14). The molecule has 2 aromatic rings. The lowest BCUT2D eigenvalue weighted by atomic mass is 10.3. The fourth-order valence-electron chi connectivity index (χ4n) is 1.01. The Labute approximate surface area is 103 Å². The molecular formula is C8H7IN4OS. The molecule has 0 aliphatic carbocycles. The van der Waals surface area contributed by atoms with Gasteiger partial charge in [0.2, 0.25) is 0 Å². The first-order chi connectivity index (χ1) is 7.16. The van der Waals surface area contributed by atoms with Crippen LogP contribution in [0.3, 0.4) is 0 Å². The van der Waals surface area contributed by atoms with Crippen molar-refractivity contribution in [1.82, 2.24) is 10.2 Å². The first-order valence-corrected chi connectivity index (χ1v) is 5.97. The lowest BCUT2D eigenvalue weighted by Gasteiger charge is -2.00. The number of nitrogens with one attached hydrogen (secondary N) is 2. The molecule has 5 nitrogen and oxygen atoms in total. The zero-order valence-corrected chi connectivity index (χ0v) is 10.4. The Bertz CT molecular complexity index is 492. The highest BCUT2D eigenvalue weighted by Gasteiger charge is 2.10. The lowest BCUT2D eigenvalue weighted by molar-refractivity contribution is 0.102. The molecule has 2 rings (SSSR count). The second-order valence-corrected chi connectivity index (χ2v) is 5.60. The third-order valence-corrected chi connectivity index (χ3v) is 3.53. The normalized spacial score (nSPS) is 10.2. The van der Waals surface area contributed by atoms with Crippen LogP contribution in [0.25, 0.3) is 0 Å². The average Bonchev–Trinajstić information content (AvgIpc) is 2.77. The Balaban J connectivity index is 2.14. The van der Waals surface area contributed by atoms with E-state index in [9.17, 15) is 4.79 Å². The summed E-state index contributed by atoms with van der Waals surface area (Å²) in [6.07, 6.45) is 1.45. The van der Waals surface area contributed by atoms with Crippen molar-refractivity contribution < 1.29 is 4.79 Å². The SMILES string of the molecule is Nc1cn[nH]c1NC(=O)c1csc(I)c1. The molecule has 0 radical (unpaired) electrons. The summed E-state index contributed by atoms with van der Waals surface area (Å²) in [5.41, 5.74) is 6.61. The monoisotopic (exact) mass is 334 g/mol. The van der Waals surface area contributed by atoms with Gasteiger partial charge in [-0.3, -0.25) is 9.89 Å². The second kappa shape index (κ2) is 4.19. The van der Waals surface area contributed by atoms with Crippen molar-refractivity contribution in [2.75, 3.05) is 11.1 Å². The molecule has 2 heterocycles. The molecular weight excluding hydrogens is 327 g/mol. The highest BCUT2D eigenvalue weighted by molar-refractivity contribution is 14.1. The third-order valence-electron chi connectivity index (χ3n) is 1.74. The Hall–Kier alpha value is -1.09. The number of nitrogens with zero attached hydrogens (tertiary/aromatic N) is 1. The van der Waals surface area contributed by atoms with E-state index in [0.717, 1.165) is 2.88 Å². The number of aromatic nitrogens is 2. The van der Waals surface area contributed by atoms with Gasteiger partial charge >= 0.3 is 0 Å². The van der Waals surface area contributed by atoms with Crippen molar-refractivity contribution >= 4 is 51.3 Å². The Morgan fingerprint density at radius 1 is 1.67 bits per heavy atom. The average molecular weight is 334 g/mol. The fourth-order valence-corrected chi connectivity index (χ4v) is 2.34. The number of H-pyrrole nitrogens is 1. The topological polar surface area (TPSA) is 83.8 Å². The molecule has 15 heavy (non-hydrogen) atoms. The highest BCUT2D eigenvalue weighted by Crippen LogP contribution is 2.19. The molecule has 2 aromatic heterocycles. The minimum Gasteiger partial charge on any atom is -0.394 e. The van der Waals surface area contributed by atoms with Crippen molar-refractivity contribution in [2.24, 2.45) is 0 Å². The van der Waals surface area contributed by atoms with E-state index in [2.05, 4.69) is 38.1 Å². The summed E-state index contributed by atoms with van der Waals surface area (Å²) in [6.45, 7) is 0. The summed E-state index contributed by atoms with van der Waals surface area (Å²) in [7, 11) is 0. The maximum absolute atomic E-state index is 11.7. The number of aromatic amines is 1. The number of nitrogen functional groups attached to an aromatic ring is 1. The van der Waals surface area contributed by atoms with Gasteiger partial charge in [0.05, 0.1) is 20.3 Å². The van der Waals surface area contributed by atoms with Crippen molar-refractivity contribution in [3.05, 3.63) is 26.1 Å². The smallest absolute Gasteiger partial charge is 0.257 e. The van der Waals surface area contributed by atoms with E-state index < -0.39 is 0 Å². The van der Waals surface area contributed by atoms with Crippen molar-refractivity contribution in [1.29, 1.82) is 0 Å². The third kappa shape index (κ3) is 2.29. The zero-order valence-electron chi connectivity index (χ0n) is 7.45. The summed E-state index contributed by atoms with van der Waals surface area (Å²) in [4.78, 5) is 11.7. The first kappa shape index (κ1) is 10.4. The number of hydrogen-bond donors (Lipinski definition) is 3. The van der Waals surface area contributed by atoms with Gasteiger partial charge in [-0.25, -0.2) is 0 Å². The first-order valence-electron chi connectivity index (χ1n) is 4.01. The van der Waals surface area contributed by atoms with Crippen LogP contribution in [0.5, 0.6) is 0 Å². The maximum atomic E-state index is 11.7. The molecule has 0 saturated carbocycles. The minimum atomic E-state index is -0.190. The number of anilines is 2. The van der Waals surface area contributed by atoms with Crippen LogP contribution in [0.1, 0.15) is 10.4 Å². The molecule has 0 atom stereocenters.